The molecule has 0 saturated heterocycles. The molecule has 4 heteroatoms. The molecule has 0 saturated carbocycles. The van der Waals surface area contributed by atoms with Crippen LogP contribution < -0.4 is 0 Å². The molecule has 172 valence electrons. The number of hydrogen-bond donors (Lipinski definition) is 0. The second kappa shape index (κ2) is 10.2. The van der Waals surface area contributed by atoms with E-state index >= 15 is 0 Å². The molecule has 1 atom stereocenters. The van der Waals surface area contributed by atoms with Crippen LogP contribution in [0.2, 0.25) is 0 Å². The maximum absolute atomic E-state index is 13.1. The highest BCUT2D eigenvalue weighted by Crippen LogP contribution is 2.20. The molecule has 0 aliphatic rings. The lowest BCUT2D eigenvalue weighted by Gasteiger charge is -2.18. The molecule has 0 radical (unpaired) electrons. The third-order valence-corrected chi connectivity index (χ3v) is 5.96. The fourth-order valence-electron chi connectivity index (χ4n) is 4.09. The quantitative estimate of drug-likeness (QED) is 0.260. The van der Waals surface area contributed by atoms with E-state index in [0.29, 0.717) is 5.56 Å². The summed E-state index contributed by atoms with van der Waals surface area (Å²) < 4.78 is 11.3. The zero-order valence-corrected chi connectivity index (χ0v) is 19.1. The highest BCUT2D eigenvalue weighted by atomic mass is 16.6. The minimum Gasteiger partial charge on any atom is -0.458 e. The minimum atomic E-state index is -1.07. The summed E-state index contributed by atoms with van der Waals surface area (Å²) >= 11 is 0. The largest absolute Gasteiger partial charge is 0.458 e. The van der Waals surface area contributed by atoms with Crippen molar-refractivity contribution >= 4 is 33.5 Å². The Balaban J connectivity index is 1.38. The van der Waals surface area contributed by atoms with Crippen molar-refractivity contribution < 1.29 is 19.1 Å². The van der Waals surface area contributed by atoms with E-state index in [1.165, 1.54) is 0 Å². The van der Waals surface area contributed by atoms with Crippen LogP contribution >= 0.6 is 0 Å². The number of esters is 2. The summed E-state index contributed by atoms with van der Waals surface area (Å²) in [6.07, 6.45) is -0.850. The number of fused-ring (bicyclic) bond motifs is 2. The van der Waals surface area contributed by atoms with Crippen molar-refractivity contribution in [3.05, 3.63) is 132 Å². The highest BCUT2D eigenvalue weighted by Gasteiger charge is 2.26. The van der Waals surface area contributed by atoms with Crippen LogP contribution in [0.3, 0.4) is 0 Å². The van der Waals surface area contributed by atoms with Crippen LogP contribution in [0.1, 0.15) is 21.5 Å². The topological polar surface area (TPSA) is 52.6 Å². The molecular formula is C31H24O4. The number of rotatable bonds is 7. The van der Waals surface area contributed by atoms with Crippen molar-refractivity contribution in [1.82, 2.24) is 0 Å². The van der Waals surface area contributed by atoms with Gasteiger partial charge in [-0.15, -0.1) is 0 Å². The van der Waals surface area contributed by atoms with Crippen LogP contribution in [-0.2, 0) is 27.3 Å². The van der Waals surface area contributed by atoms with Gasteiger partial charge in [-0.3, -0.25) is 0 Å². The summed E-state index contributed by atoms with van der Waals surface area (Å²) in [4.78, 5) is 26.1. The molecule has 4 nitrogen and oxygen atoms in total. The number of carbonyl (C=O) groups excluding carboxylic acids is 2. The first-order valence-corrected chi connectivity index (χ1v) is 11.5. The molecule has 5 aromatic rings. The van der Waals surface area contributed by atoms with Crippen molar-refractivity contribution in [2.24, 2.45) is 0 Å². The molecule has 0 spiro atoms. The van der Waals surface area contributed by atoms with Crippen LogP contribution in [-0.4, -0.2) is 18.0 Å². The SMILES string of the molecule is O=C(O[C@H](Cc1ccc2ccccc2c1)C(=O)OCc1ccccc1)c1ccc2ccccc2c1. The maximum Gasteiger partial charge on any atom is 0.348 e. The van der Waals surface area contributed by atoms with Crippen LogP contribution in [0.15, 0.2) is 115 Å². The van der Waals surface area contributed by atoms with Gasteiger partial charge in [-0.2, -0.15) is 0 Å². The summed E-state index contributed by atoms with van der Waals surface area (Å²) in [6, 6.07) is 36.5. The lowest BCUT2D eigenvalue weighted by Crippen LogP contribution is -2.31. The first-order chi connectivity index (χ1) is 17.2. The lowest BCUT2D eigenvalue weighted by molar-refractivity contribution is -0.155. The molecule has 5 rings (SSSR count). The third-order valence-electron chi connectivity index (χ3n) is 5.96. The zero-order valence-electron chi connectivity index (χ0n) is 19.1. The number of benzene rings is 5. The van der Waals surface area contributed by atoms with E-state index in [4.69, 9.17) is 9.47 Å². The number of hydrogen-bond acceptors (Lipinski definition) is 4. The number of carbonyl (C=O) groups is 2. The Kier molecular flexibility index (Phi) is 6.53. The van der Waals surface area contributed by atoms with Crippen molar-refractivity contribution in [2.75, 3.05) is 0 Å². The Bertz CT molecular complexity index is 1490. The molecule has 0 heterocycles. The van der Waals surface area contributed by atoms with E-state index in [-0.39, 0.29) is 13.0 Å². The predicted molar refractivity (Wildman–Crippen MR) is 137 cm³/mol. The van der Waals surface area contributed by atoms with E-state index < -0.39 is 18.0 Å². The standard InChI is InChI=1S/C31H24O4/c32-30(28-17-16-25-11-5-7-13-27(25)20-28)35-29(31(33)34-21-22-8-2-1-3-9-22)19-23-14-15-24-10-4-6-12-26(24)18-23/h1-18,20,29H,19,21H2/t29-/m1/s1. The average molecular weight is 461 g/mol. The molecule has 0 aromatic heterocycles. The minimum absolute atomic E-state index is 0.113. The zero-order chi connectivity index (χ0) is 24.0. The molecule has 35 heavy (non-hydrogen) atoms. The third kappa shape index (κ3) is 5.39. The Labute approximate surface area is 203 Å². The summed E-state index contributed by atoms with van der Waals surface area (Å²) in [5.41, 5.74) is 2.14. The van der Waals surface area contributed by atoms with E-state index in [1.807, 2.05) is 103 Å². The second-order valence-electron chi connectivity index (χ2n) is 8.43. The van der Waals surface area contributed by atoms with Gasteiger partial charge in [-0.25, -0.2) is 9.59 Å². The fraction of sp³-hybridized carbons (Fsp3) is 0.0968. The van der Waals surface area contributed by atoms with Crippen LogP contribution in [0, 0.1) is 0 Å². The fourth-order valence-corrected chi connectivity index (χ4v) is 4.09. The molecule has 0 aliphatic heterocycles. The van der Waals surface area contributed by atoms with Crippen molar-refractivity contribution in [3.8, 4) is 0 Å². The van der Waals surface area contributed by atoms with Gasteiger partial charge in [0.2, 0.25) is 6.10 Å². The maximum atomic E-state index is 13.1. The summed E-state index contributed by atoms with van der Waals surface area (Å²) in [5.74, 6) is -1.13. The van der Waals surface area contributed by atoms with Gasteiger partial charge in [-0.1, -0.05) is 103 Å². The Hall–Kier alpha value is -4.44. The van der Waals surface area contributed by atoms with Crippen molar-refractivity contribution in [3.63, 3.8) is 0 Å². The Morgan fingerprint density at radius 2 is 1.20 bits per heavy atom. The smallest absolute Gasteiger partial charge is 0.348 e. The normalized spacial score (nSPS) is 11.8. The van der Waals surface area contributed by atoms with Gasteiger partial charge in [0.15, 0.2) is 0 Å². The van der Waals surface area contributed by atoms with Gasteiger partial charge in [0, 0.05) is 6.42 Å². The first kappa shape index (κ1) is 22.4. The van der Waals surface area contributed by atoms with Gasteiger partial charge >= 0.3 is 11.9 Å². The molecule has 0 aliphatic carbocycles. The monoisotopic (exact) mass is 460 g/mol. The van der Waals surface area contributed by atoms with E-state index in [2.05, 4.69) is 0 Å². The first-order valence-electron chi connectivity index (χ1n) is 11.5. The van der Waals surface area contributed by atoms with Gasteiger partial charge in [0.1, 0.15) is 6.61 Å². The van der Waals surface area contributed by atoms with Crippen molar-refractivity contribution in [2.45, 2.75) is 19.1 Å². The summed E-state index contributed by atoms with van der Waals surface area (Å²) in [5, 5.41) is 4.12. The number of ether oxygens (including phenoxy) is 2. The van der Waals surface area contributed by atoms with E-state index in [0.717, 1.165) is 32.7 Å². The Morgan fingerprint density at radius 1 is 0.600 bits per heavy atom. The van der Waals surface area contributed by atoms with Crippen LogP contribution in [0.5, 0.6) is 0 Å². The molecular weight excluding hydrogens is 436 g/mol. The van der Waals surface area contributed by atoms with Crippen LogP contribution in [0.4, 0.5) is 0 Å². The van der Waals surface area contributed by atoms with Gasteiger partial charge in [0.25, 0.3) is 0 Å². The molecule has 0 amide bonds. The van der Waals surface area contributed by atoms with Gasteiger partial charge < -0.3 is 9.47 Å². The Morgan fingerprint density at radius 3 is 1.91 bits per heavy atom. The van der Waals surface area contributed by atoms with Crippen molar-refractivity contribution in [1.29, 1.82) is 0 Å². The molecule has 0 bridgehead atoms. The molecule has 0 N–H and O–H groups in total. The molecule has 0 fully saturated rings. The predicted octanol–water partition coefficient (Wildman–Crippen LogP) is 6.50. The van der Waals surface area contributed by atoms with E-state index in [9.17, 15) is 9.59 Å². The molecule has 5 aromatic carbocycles. The second-order valence-corrected chi connectivity index (χ2v) is 8.43. The summed E-state index contributed by atoms with van der Waals surface area (Å²) in [7, 11) is 0. The van der Waals surface area contributed by atoms with Crippen LogP contribution in [0.25, 0.3) is 21.5 Å². The van der Waals surface area contributed by atoms with Gasteiger partial charge in [-0.05, 0) is 44.8 Å². The lowest BCUT2D eigenvalue weighted by atomic mass is 10.0. The van der Waals surface area contributed by atoms with E-state index in [1.54, 1.807) is 12.1 Å². The summed E-state index contributed by atoms with van der Waals surface area (Å²) in [6.45, 7) is 0.113. The molecule has 0 unspecified atom stereocenters. The average Bonchev–Trinajstić information content (AvgIpc) is 2.91. The van der Waals surface area contributed by atoms with Gasteiger partial charge in [0.05, 0.1) is 5.56 Å². The highest BCUT2D eigenvalue weighted by molar-refractivity contribution is 5.96.